The van der Waals surface area contributed by atoms with E-state index in [0.717, 1.165) is 35.7 Å². The van der Waals surface area contributed by atoms with Crippen molar-refractivity contribution in [3.63, 3.8) is 0 Å². The first kappa shape index (κ1) is 17.7. The van der Waals surface area contributed by atoms with E-state index in [0.29, 0.717) is 13.1 Å². The van der Waals surface area contributed by atoms with Gasteiger partial charge in [0.1, 0.15) is 5.60 Å². The first-order chi connectivity index (χ1) is 11.1. The minimum Gasteiger partial charge on any atom is -0.444 e. The molecule has 0 aromatic heterocycles. The molecule has 0 radical (unpaired) electrons. The summed E-state index contributed by atoms with van der Waals surface area (Å²) in [7, 11) is 0. The number of benzene rings is 1. The highest BCUT2D eigenvalue weighted by molar-refractivity contribution is 9.10. The molecular formula is C19H26BrNO3. The van der Waals surface area contributed by atoms with Crippen molar-refractivity contribution in [3.05, 3.63) is 34.3 Å². The van der Waals surface area contributed by atoms with Gasteiger partial charge < -0.3 is 14.7 Å². The number of carbonyl (C=O) groups is 1. The van der Waals surface area contributed by atoms with Crippen LogP contribution in [0.25, 0.3) is 0 Å². The van der Waals surface area contributed by atoms with E-state index in [1.54, 1.807) is 4.90 Å². The molecule has 1 saturated heterocycles. The molecule has 1 aromatic carbocycles. The maximum absolute atomic E-state index is 12.2. The lowest BCUT2D eigenvalue weighted by Crippen LogP contribution is -2.55. The summed E-state index contributed by atoms with van der Waals surface area (Å²) >= 11 is 3.43. The Bertz CT molecular complexity index is 604. The van der Waals surface area contributed by atoms with Gasteiger partial charge in [-0.3, -0.25) is 0 Å². The smallest absolute Gasteiger partial charge is 0.410 e. The van der Waals surface area contributed by atoms with Crippen molar-refractivity contribution in [2.24, 2.45) is 5.41 Å². The lowest BCUT2D eigenvalue weighted by molar-refractivity contribution is -0.154. The minimum absolute atomic E-state index is 0.167. The van der Waals surface area contributed by atoms with E-state index in [2.05, 4.69) is 15.9 Å². The molecule has 1 aliphatic carbocycles. The quantitative estimate of drug-likeness (QED) is 0.763. The minimum atomic E-state index is -0.714. The van der Waals surface area contributed by atoms with Crippen molar-refractivity contribution >= 4 is 22.0 Å². The standard InChI is InChI=1S/C19H26BrNO3/c1-17(2,3)24-16(22)21-10-8-18(9-11-21)12-19(23,13-18)14-4-6-15(20)7-5-14/h4-7,23H,8-13H2,1-3H3. The largest absolute Gasteiger partial charge is 0.444 e. The zero-order chi connectivity index (χ0) is 17.6. The second-order valence-electron chi connectivity index (χ2n) is 8.36. The van der Waals surface area contributed by atoms with E-state index < -0.39 is 11.2 Å². The molecule has 2 aliphatic rings. The Kier molecular flexibility index (Phi) is 4.45. The van der Waals surface area contributed by atoms with Crippen LogP contribution in [0.2, 0.25) is 0 Å². The van der Waals surface area contributed by atoms with Crippen molar-refractivity contribution in [3.8, 4) is 0 Å². The molecule has 4 nitrogen and oxygen atoms in total. The third-order valence-electron chi connectivity index (χ3n) is 5.19. The number of hydrogen-bond acceptors (Lipinski definition) is 3. The highest BCUT2D eigenvalue weighted by Crippen LogP contribution is 2.59. The Labute approximate surface area is 152 Å². The van der Waals surface area contributed by atoms with Gasteiger partial charge in [0.25, 0.3) is 0 Å². The van der Waals surface area contributed by atoms with Gasteiger partial charge in [0, 0.05) is 17.6 Å². The Morgan fingerprint density at radius 2 is 1.71 bits per heavy atom. The number of likely N-dealkylation sites (tertiary alicyclic amines) is 1. The van der Waals surface area contributed by atoms with Crippen LogP contribution in [0.15, 0.2) is 28.7 Å². The topological polar surface area (TPSA) is 49.8 Å². The Balaban J connectivity index is 1.56. The molecule has 24 heavy (non-hydrogen) atoms. The van der Waals surface area contributed by atoms with Crippen LogP contribution in [0.5, 0.6) is 0 Å². The molecule has 1 spiro atoms. The van der Waals surface area contributed by atoms with E-state index in [1.165, 1.54) is 0 Å². The zero-order valence-electron chi connectivity index (χ0n) is 14.6. The molecule has 1 aliphatic heterocycles. The fourth-order valence-electron chi connectivity index (χ4n) is 4.00. The normalized spacial score (nSPS) is 22.1. The first-order valence-corrected chi connectivity index (χ1v) is 9.37. The summed E-state index contributed by atoms with van der Waals surface area (Å²) in [5.74, 6) is 0. The van der Waals surface area contributed by atoms with Gasteiger partial charge in [0.05, 0.1) is 5.60 Å². The second-order valence-corrected chi connectivity index (χ2v) is 9.28. The molecule has 2 fully saturated rings. The Morgan fingerprint density at radius 1 is 1.17 bits per heavy atom. The van der Waals surface area contributed by atoms with Crippen LogP contribution >= 0.6 is 15.9 Å². The Morgan fingerprint density at radius 3 is 2.21 bits per heavy atom. The number of piperidine rings is 1. The molecule has 1 N–H and O–H groups in total. The average Bonchev–Trinajstić information content (AvgIpc) is 2.45. The molecule has 1 aromatic rings. The number of ether oxygens (including phenoxy) is 1. The fraction of sp³-hybridized carbons (Fsp3) is 0.632. The number of aliphatic hydroxyl groups is 1. The maximum Gasteiger partial charge on any atom is 0.410 e. The zero-order valence-corrected chi connectivity index (χ0v) is 16.2. The summed E-state index contributed by atoms with van der Waals surface area (Å²) in [6.07, 6.45) is 3.21. The van der Waals surface area contributed by atoms with E-state index in [1.807, 2.05) is 45.0 Å². The number of rotatable bonds is 1. The highest BCUT2D eigenvalue weighted by Gasteiger charge is 2.55. The van der Waals surface area contributed by atoms with Gasteiger partial charge >= 0.3 is 6.09 Å². The van der Waals surface area contributed by atoms with Gasteiger partial charge in [-0.25, -0.2) is 4.79 Å². The maximum atomic E-state index is 12.2. The molecule has 3 rings (SSSR count). The Hall–Kier alpha value is -1.07. The van der Waals surface area contributed by atoms with Crippen molar-refractivity contribution in [2.45, 2.75) is 57.7 Å². The van der Waals surface area contributed by atoms with Crippen LogP contribution in [0.4, 0.5) is 4.79 Å². The molecule has 5 heteroatoms. The van der Waals surface area contributed by atoms with Gasteiger partial charge in [0.15, 0.2) is 0 Å². The van der Waals surface area contributed by atoms with E-state index in [4.69, 9.17) is 4.74 Å². The van der Waals surface area contributed by atoms with Gasteiger partial charge in [0.2, 0.25) is 0 Å². The summed E-state index contributed by atoms with van der Waals surface area (Å²) < 4.78 is 6.47. The summed E-state index contributed by atoms with van der Waals surface area (Å²) in [5.41, 5.74) is -0.00878. The second kappa shape index (κ2) is 6.03. The molecule has 0 atom stereocenters. The molecule has 0 unspecified atom stereocenters. The number of carbonyl (C=O) groups excluding carboxylic acids is 1. The van der Waals surface area contributed by atoms with Gasteiger partial charge in [-0.15, -0.1) is 0 Å². The van der Waals surface area contributed by atoms with Crippen LogP contribution < -0.4 is 0 Å². The molecule has 1 amide bonds. The third-order valence-corrected chi connectivity index (χ3v) is 5.72. The summed E-state index contributed by atoms with van der Waals surface area (Å²) in [6, 6.07) is 7.94. The number of hydrogen-bond donors (Lipinski definition) is 1. The monoisotopic (exact) mass is 395 g/mol. The van der Waals surface area contributed by atoms with Crippen LogP contribution in [-0.4, -0.2) is 34.8 Å². The van der Waals surface area contributed by atoms with Crippen molar-refractivity contribution < 1.29 is 14.6 Å². The highest BCUT2D eigenvalue weighted by atomic mass is 79.9. The first-order valence-electron chi connectivity index (χ1n) is 8.57. The van der Waals surface area contributed by atoms with E-state index in [-0.39, 0.29) is 11.5 Å². The number of halogens is 1. The number of nitrogens with zero attached hydrogens (tertiary/aromatic N) is 1. The molecular weight excluding hydrogens is 370 g/mol. The van der Waals surface area contributed by atoms with E-state index in [9.17, 15) is 9.90 Å². The molecule has 1 saturated carbocycles. The lowest BCUT2D eigenvalue weighted by atomic mass is 9.53. The van der Waals surface area contributed by atoms with Gasteiger partial charge in [-0.1, -0.05) is 28.1 Å². The number of amides is 1. The SMILES string of the molecule is CC(C)(C)OC(=O)N1CCC2(CC1)CC(O)(c1ccc(Br)cc1)C2. The summed E-state index contributed by atoms with van der Waals surface area (Å²) in [6.45, 7) is 7.10. The molecule has 1 heterocycles. The lowest BCUT2D eigenvalue weighted by Gasteiger charge is -2.56. The van der Waals surface area contributed by atoms with Gasteiger partial charge in [-0.2, -0.15) is 0 Å². The predicted octanol–water partition coefficient (Wildman–Crippen LogP) is 4.45. The fourth-order valence-corrected chi connectivity index (χ4v) is 4.26. The van der Waals surface area contributed by atoms with Crippen LogP contribution in [0, 0.1) is 5.41 Å². The van der Waals surface area contributed by atoms with Crippen molar-refractivity contribution in [1.82, 2.24) is 4.90 Å². The van der Waals surface area contributed by atoms with Crippen LogP contribution in [0.1, 0.15) is 52.0 Å². The molecule has 132 valence electrons. The van der Waals surface area contributed by atoms with Crippen molar-refractivity contribution in [2.75, 3.05) is 13.1 Å². The summed E-state index contributed by atoms with van der Waals surface area (Å²) in [4.78, 5) is 14.0. The summed E-state index contributed by atoms with van der Waals surface area (Å²) in [5, 5.41) is 10.9. The third kappa shape index (κ3) is 3.62. The average molecular weight is 396 g/mol. The van der Waals surface area contributed by atoms with E-state index >= 15 is 0 Å². The van der Waals surface area contributed by atoms with Crippen LogP contribution in [0.3, 0.4) is 0 Å². The van der Waals surface area contributed by atoms with Gasteiger partial charge in [-0.05, 0) is 69.6 Å². The van der Waals surface area contributed by atoms with Crippen LogP contribution in [-0.2, 0) is 10.3 Å². The molecule has 0 bridgehead atoms. The van der Waals surface area contributed by atoms with Crippen molar-refractivity contribution in [1.29, 1.82) is 0 Å². The predicted molar refractivity (Wildman–Crippen MR) is 96.7 cm³/mol.